The Morgan fingerprint density at radius 1 is 1.29 bits per heavy atom. The lowest BCUT2D eigenvalue weighted by molar-refractivity contribution is -0.388. The SMILES string of the molecule is O=C(Cl)c1cc(OC(F)(F)F)nc(C(F)(F)F)c1[N+](=O)[O-]. The van der Waals surface area contributed by atoms with E-state index in [9.17, 15) is 41.3 Å². The van der Waals surface area contributed by atoms with E-state index < -0.39 is 45.5 Å². The van der Waals surface area contributed by atoms with Gasteiger partial charge >= 0.3 is 18.2 Å². The molecule has 0 bridgehead atoms. The van der Waals surface area contributed by atoms with Crippen molar-refractivity contribution in [1.82, 2.24) is 4.98 Å². The molecule has 0 amide bonds. The molecule has 0 atom stereocenters. The van der Waals surface area contributed by atoms with Gasteiger partial charge in [0.05, 0.1) is 4.92 Å². The van der Waals surface area contributed by atoms with Crippen LogP contribution in [-0.2, 0) is 6.18 Å². The third-order valence-corrected chi connectivity index (χ3v) is 2.06. The fraction of sp³-hybridized carbons (Fsp3) is 0.250. The highest BCUT2D eigenvalue weighted by molar-refractivity contribution is 6.68. The number of carbonyl (C=O) groups is 1. The summed E-state index contributed by atoms with van der Waals surface area (Å²) in [5.41, 5.74) is -5.63. The van der Waals surface area contributed by atoms with Crippen molar-refractivity contribution in [2.75, 3.05) is 0 Å². The highest BCUT2D eigenvalue weighted by Crippen LogP contribution is 2.39. The first kappa shape index (κ1) is 16.9. The Kier molecular flexibility index (Phi) is 4.32. The molecule has 1 heterocycles. The summed E-state index contributed by atoms with van der Waals surface area (Å²) in [6.45, 7) is 0. The monoisotopic (exact) mass is 338 g/mol. The van der Waals surface area contributed by atoms with Crippen LogP contribution in [0.5, 0.6) is 5.88 Å². The van der Waals surface area contributed by atoms with Crippen molar-refractivity contribution >= 4 is 22.5 Å². The molecule has 116 valence electrons. The molecule has 0 aliphatic rings. The van der Waals surface area contributed by atoms with Gasteiger partial charge in [-0.25, -0.2) is 4.98 Å². The van der Waals surface area contributed by atoms with E-state index in [4.69, 9.17) is 11.6 Å². The standard InChI is InChI=1S/C8HClF6N2O4/c9-6(18)2-1-3(21-8(13,14)15)16-5(7(10,11)12)4(2)17(19)20/h1H. The third kappa shape index (κ3) is 4.18. The summed E-state index contributed by atoms with van der Waals surface area (Å²) in [5.74, 6) is -1.70. The van der Waals surface area contributed by atoms with Gasteiger partial charge in [-0.05, 0) is 11.6 Å². The molecule has 0 saturated heterocycles. The lowest BCUT2D eigenvalue weighted by Crippen LogP contribution is -2.21. The van der Waals surface area contributed by atoms with Gasteiger partial charge in [0.2, 0.25) is 11.6 Å². The zero-order chi connectivity index (χ0) is 16.6. The number of carbonyl (C=O) groups excluding carboxylic acids is 1. The predicted molar refractivity (Wildman–Crippen MR) is 52.8 cm³/mol. The maximum atomic E-state index is 12.6. The molecule has 0 fully saturated rings. The molecule has 13 heteroatoms. The average molecular weight is 339 g/mol. The number of halogens is 7. The summed E-state index contributed by atoms with van der Waals surface area (Å²) in [6.07, 6.45) is -10.9. The van der Waals surface area contributed by atoms with E-state index in [0.29, 0.717) is 0 Å². The highest BCUT2D eigenvalue weighted by atomic mass is 35.5. The molecule has 1 aromatic rings. The summed E-state index contributed by atoms with van der Waals surface area (Å²) >= 11 is 4.84. The number of nitro groups is 1. The Hall–Kier alpha value is -2.11. The lowest BCUT2D eigenvalue weighted by Gasteiger charge is -2.12. The van der Waals surface area contributed by atoms with Crippen molar-refractivity contribution in [3.8, 4) is 5.88 Å². The van der Waals surface area contributed by atoms with Gasteiger partial charge in [0.1, 0.15) is 5.56 Å². The number of alkyl halides is 6. The van der Waals surface area contributed by atoms with Crippen LogP contribution in [0.1, 0.15) is 16.1 Å². The van der Waals surface area contributed by atoms with E-state index in [1.807, 2.05) is 0 Å². The molecular weight excluding hydrogens is 338 g/mol. The summed E-state index contributed by atoms with van der Waals surface area (Å²) in [6, 6.07) is -0.00377. The number of hydrogen-bond donors (Lipinski definition) is 0. The molecule has 1 aromatic heterocycles. The van der Waals surface area contributed by atoms with Gasteiger partial charge in [0.25, 0.3) is 5.24 Å². The molecule has 0 aromatic carbocycles. The second kappa shape index (κ2) is 5.35. The molecule has 21 heavy (non-hydrogen) atoms. The van der Waals surface area contributed by atoms with Gasteiger partial charge in [-0.3, -0.25) is 14.9 Å². The zero-order valence-corrected chi connectivity index (χ0v) is 10.0. The van der Waals surface area contributed by atoms with Crippen LogP contribution in [0.4, 0.5) is 32.0 Å². The fourth-order valence-corrected chi connectivity index (χ4v) is 1.36. The Morgan fingerprint density at radius 2 is 1.81 bits per heavy atom. The van der Waals surface area contributed by atoms with Gasteiger partial charge in [0, 0.05) is 6.07 Å². The number of aromatic nitrogens is 1. The van der Waals surface area contributed by atoms with Crippen LogP contribution in [0.2, 0.25) is 0 Å². The van der Waals surface area contributed by atoms with Gasteiger partial charge in [-0.1, -0.05) is 0 Å². The van der Waals surface area contributed by atoms with Crippen LogP contribution in [0, 0.1) is 10.1 Å². The molecule has 0 radical (unpaired) electrons. The second-order valence-electron chi connectivity index (χ2n) is 3.28. The molecule has 0 aliphatic carbocycles. The highest BCUT2D eigenvalue weighted by Gasteiger charge is 2.45. The Morgan fingerprint density at radius 3 is 2.14 bits per heavy atom. The van der Waals surface area contributed by atoms with Gasteiger partial charge < -0.3 is 4.74 Å². The molecule has 0 spiro atoms. The van der Waals surface area contributed by atoms with Gasteiger partial charge in [0.15, 0.2) is 0 Å². The van der Waals surface area contributed by atoms with Crippen molar-refractivity contribution in [3.05, 3.63) is 27.4 Å². The van der Waals surface area contributed by atoms with Crippen molar-refractivity contribution in [3.63, 3.8) is 0 Å². The van der Waals surface area contributed by atoms with E-state index >= 15 is 0 Å². The molecule has 0 saturated carbocycles. The van der Waals surface area contributed by atoms with Crippen LogP contribution in [0.15, 0.2) is 6.07 Å². The topological polar surface area (TPSA) is 82.3 Å². The number of nitrogens with zero attached hydrogens (tertiary/aromatic N) is 2. The number of ether oxygens (including phenoxy) is 1. The van der Waals surface area contributed by atoms with E-state index in [1.165, 1.54) is 0 Å². The van der Waals surface area contributed by atoms with Gasteiger partial charge in [-0.15, -0.1) is 13.2 Å². The minimum absolute atomic E-state index is 0.00377. The van der Waals surface area contributed by atoms with Crippen molar-refractivity contribution in [1.29, 1.82) is 0 Å². The first-order chi connectivity index (χ1) is 9.33. The molecule has 0 N–H and O–H groups in total. The van der Waals surface area contributed by atoms with Crippen molar-refractivity contribution in [2.45, 2.75) is 12.5 Å². The van der Waals surface area contributed by atoms with E-state index in [-0.39, 0.29) is 6.07 Å². The Balaban J connectivity index is 3.66. The molecular formula is C8HClF6N2O4. The van der Waals surface area contributed by atoms with Crippen LogP contribution in [0.25, 0.3) is 0 Å². The number of rotatable bonds is 3. The Bertz CT molecular complexity index is 600. The molecule has 6 nitrogen and oxygen atoms in total. The zero-order valence-electron chi connectivity index (χ0n) is 9.25. The van der Waals surface area contributed by atoms with E-state index in [0.717, 1.165) is 0 Å². The van der Waals surface area contributed by atoms with Crippen LogP contribution in [0.3, 0.4) is 0 Å². The van der Waals surface area contributed by atoms with Crippen LogP contribution >= 0.6 is 11.6 Å². The van der Waals surface area contributed by atoms with Gasteiger partial charge in [-0.2, -0.15) is 13.2 Å². The quantitative estimate of drug-likeness (QED) is 0.365. The average Bonchev–Trinajstić information content (AvgIpc) is 2.23. The fourth-order valence-electron chi connectivity index (χ4n) is 1.22. The van der Waals surface area contributed by atoms with Crippen molar-refractivity contribution < 1.29 is 40.8 Å². The van der Waals surface area contributed by atoms with E-state index in [1.54, 1.807) is 0 Å². The minimum atomic E-state index is -5.51. The summed E-state index contributed by atoms with van der Waals surface area (Å²) < 4.78 is 76.8. The first-order valence-corrected chi connectivity index (χ1v) is 4.93. The number of hydrogen-bond acceptors (Lipinski definition) is 5. The third-order valence-electron chi connectivity index (χ3n) is 1.85. The smallest absolute Gasteiger partial charge is 0.388 e. The predicted octanol–water partition coefficient (Wildman–Crippen LogP) is 3.29. The maximum absolute atomic E-state index is 12.6. The maximum Gasteiger partial charge on any atom is 0.574 e. The summed E-state index contributed by atoms with van der Waals surface area (Å²) in [5, 5.41) is 8.81. The second-order valence-corrected chi connectivity index (χ2v) is 3.62. The normalized spacial score (nSPS) is 12.1. The van der Waals surface area contributed by atoms with Crippen molar-refractivity contribution in [2.24, 2.45) is 0 Å². The first-order valence-electron chi connectivity index (χ1n) is 4.55. The molecule has 0 unspecified atom stereocenters. The molecule has 0 aliphatic heterocycles. The Labute approximate surface area is 115 Å². The largest absolute Gasteiger partial charge is 0.574 e. The summed E-state index contributed by atoms with van der Waals surface area (Å²) in [4.78, 5) is 22.2. The van der Waals surface area contributed by atoms with Crippen LogP contribution < -0.4 is 4.74 Å². The van der Waals surface area contributed by atoms with Crippen LogP contribution in [-0.4, -0.2) is 21.5 Å². The van der Waals surface area contributed by atoms with E-state index in [2.05, 4.69) is 9.72 Å². The number of pyridine rings is 1. The minimum Gasteiger partial charge on any atom is -0.388 e. The molecule has 1 rings (SSSR count). The lowest BCUT2D eigenvalue weighted by atomic mass is 10.2. The summed E-state index contributed by atoms with van der Waals surface area (Å²) in [7, 11) is 0.